The zero-order chi connectivity index (χ0) is 16.5. The van der Waals surface area contributed by atoms with E-state index in [4.69, 9.17) is 11.6 Å². The minimum absolute atomic E-state index is 0.0784. The Labute approximate surface area is 130 Å². The number of benzene rings is 1. The number of hydrogen-bond donors (Lipinski definition) is 1. The van der Waals surface area contributed by atoms with Gasteiger partial charge < -0.3 is 10.2 Å². The van der Waals surface area contributed by atoms with Gasteiger partial charge in [0.1, 0.15) is 6.04 Å². The van der Waals surface area contributed by atoms with Crippen molar-refractivity contribution in [2.24, 2.45) is 0 Å². The first-order valence-corrected chi connectivity index (χ1v) is 7.03. The van der Waals surface area contributed by atoms with Gasteiger partial charge in [0.25, 0.3) is 0 Å². The highest BCUT2D eigenvalue weighted by Gasteiger charge is 2.47. The molecule has 1 N–H and O–H groups in total. The molecule has 1 fully saturated rings. The third-order valence-corrected chi connectivity index (χ3v) is 3.75. The van der Waals surface area contributed by atoms with Gasteiger partial charge in [-0.2, -0.15) is 13.2 Å². The Morgan fingerprint density at radius 2 is 2.05 bits per heavy atom. The van der Waals surface area contributed by atoms with Crippen LogP contribution in [0.3, 0.4) is 0 Å². The van der Waals surface area contributed by atoms with Crippen molar-refractivity contribution in [3.05, 3.63) is 28.8 Å². The molecule has 0 aromatic heterocycles. The smallest absolute Gasteiger partial charge is 0.324 e. The van der Waals surface area contributed by atoms with Crippen molar-refractivity contribution in [2.45, 2.75) is 32.0 Å². The van der Waals surface area contributed by atoms with Crippen molar-refractivity contribution in [1.29, 1.82) is 0 Å². The number of amides is 2. The molecule has 1 heterocycles. The van der Waals surface area contributed by atoms with E-state index in [1.54, 1.807) is 19.1 Å². The standard InChI is InChI=1S/C14H14ClF3N2O2/c1-8-4-5-9(15)7-10(8)19-12(21)11-3-2-6-20(11)13(22)14(16,17)18/h4-5,7,11H,2-3,6H2,1H3,(H,19,21). The summed E-state index contributed by atoms with van der Waals surface area (Å²) in [6.07, 6.45) is -4.42. The van der Waals surface area contributed by atoms with E-state index in [1.165, 1.54) is 6.07 Å². The largest absolute Gasteiger partial charge is 0.471 e. The van der Waals surface area contributed by atoms with Crippen LogP contribution in [0.2, 0.25) is 5.02 Å². The van der Waals surface area contributed by atoms with Gasteiger partial charge in [-0.1, -0.05) is 17.7 Å². The molecule has 2 amide bonds. The van der Waals surface area contributed by atoms with Crippen molar-refractivity contribution in [3.8, 4) is 0 Å². The molecule has 120 valence electrons. The lowest BCUT2D eigenvalue weighted by atomic mass is 10.1. The summed E-state index contributed by atoms with van der Waals surface area (Å²) in [4.78, 5) is 24.1. The topological polar surface area (TPSA) is 49.4 Å². The number of carbonyl (C=O) groups is 2. The SMILES string of the molecule is Cc1ccc(Cl)cc1NC(=O)C1CCCN1C(=O)C(F)(F)F. The predicted octanol–water partition coefficient (Wildman–Crippen LogP) is 3.14. The van der Waals surface area contributed by atoms with Gasteiger partial charge in [-0.15, -0.1) is 0 Å². The van der Waals surface area contributed by atoms with Crippen LogP contribution in [0.1, 0.15) is 18.4 Å². The summed E-state index contributed by atoms with van der Waals surface area (Å²) in [5.74, 6) is -2.62. The van der Waals surface area contributed by atoms with Crippen LogP contribution in [-0.2, 0) is 9.59 Å². The zero-order valence-electron chi connectivity index (χ0n) is 11.7. The van der Waals surface area contributed by atoms with Gasteiger partial charge in [0, 0.05) is 17.3 Å². The molecule has 0 spiro atoms. The van der Waals surface area contributed by atoms with E-state index in [0.717, 1.165) is 5.56 Å². The fourth-order valence-electron chi connectivity index (χ4n) is 2.39. The summed E-state index contributed by atoms with van der Waals surface area (Å²) in [5.41, 5.74) is 1.15. The summed E-state index contributed by atoms with van der Waals surface area (Å²) >= 11 is 5.83. The molecule has 0 aliphatic carbocycles. The number of anilines is 1. The number of nitrogens with zero attached hydrogens (tertiary/aromatic N) is 1. The second kappa shape index (κ2) is 6.16. The maximum absolute atomic E-state index is 12.5. The minimum Gasteiger partial charge on any atom is -0.324 e. The Morgan fingerprint density at radius 1 is 1.36 bits per heavy atom. The quantitative estimate of drug-likeness (QED) is 0.903. The molecule has 1 atom stereocenters. The van der Waals surface area contributed by atoms with Crippen LogP contribution in [0.5, 0.6) is 0 Å². The molecule has 1 unspecified atom stereocenters. The first-order valence-electron chi connectivity index (χ1n) is 6.65. The van der Waals surface area contributed by atoms with Gasteiger partial charge in [-0.3, -0.25) is 9.59 Å². The Bertz CT molecular complexity index is 604. The summed E-state index contributed by atoms with van der Waals surface area (Å²) in [7, 11) is 0. The number of hydrogen-bond acceptors (Lipinski definition) is 2. The number of carbonyl (C=O) groups excluding carboxylic acids is 2. The zero-order valence-corrected chi connectivity index (χ0v) is 12.5. The molecule has 1 aliphatic rings. The third-order valence-electron chi connectivity index (χ3n) is 3.52. The highest BCUT2D eigenvalue weighted by Crippen LogP contribution is 2.27. The average molecular weight is 335 g/mol. The fourth-order valence-corrected chi connectivity index (χ4v) is 2.56. The van der Waals surface area contributed by atoms with E-state index in [1.807, 2.05) is 0 Å². The number of aryl methyl sites for hydroxylation is 1. The summed E-state index contributed by atoms with van der Waals surface area (Å²) in [6.45, 7) is 1.66. The Hall–Kier alpha value is -1.76. The van der Waals surface area contributed by atoms with Crippen LogP contribution >= 0.6 is 11.6 Å². The molecule has 22 heavy (non-hydrogen) atoms. The minimum atomic E-state index is -4.98. The third kappa shape index (κ3) is 3.52. The van der Waals surface area contributed by atoms with Crippen molar-refractivity contribution in [3.63, 3.8) is 0 Å². The maximum atomic E-state index is 12.5. The van der Waals surface area contributed by atoms with Gasteiger partial charge in [-0.25, -0.2) is 0 Å². The highest BCUT2D eigenvalue weighted by atomic mass is 35.5. The fraction of sp³-hybridized carbons (Fsp3) is 0.429. The van der Waals surface area contributed by atoms with Gasteiger partial charge in [0.05, 0.1) is 0 Å². The van der Waals surface area contributed by atoms with Crippen LogP contribution in [0.4, 0.5) is 18.9 Å². The van der Waals surface area contributed by atoms with Crippen LogP contribution in [-0.4, -0.2) is 35.5 Å². The van der Waals surface area contributed by atoms with Crippen LogP contribution in [0, 0.1) is 6.92 Å². The Balaban J connectivity index is 2.15. The number of nitrogens with one attached hydrogen (secondary N) is 1. The first kappa shape index (κ1) is 16.6. The normalized spacial score (nSPS) is 18.4. The molecule has 0 radical (unpaired) electrons. The van der Waals surface area contributed by atoms with E-state index in [0.29, 0.717) is 22.0 Å². The van der Waals surface area contributed by atoms with Gasteiger partial charge in [0.2, 0.25) is 5.91 Å². The van der Waals surface area contributed by atoms with Gasteiger partial charge in [0.15, 0.2) is 0 Å². The number of rotatable bonds is 2. The van der Waals surface area contributed by atoms with E-state index >= 15 is 0 Å². The molecule has 2 rings (SSSR count). The second-order valence-corrected chi connectivity index (χ2v) is 5.54. The highest BCUT2D eigenvalue weighted by molar-refractivity contribution is 6.31. The summed E-state index contributed by atoms with van der Waals surface area (Å²) in [6, 6.07) is 3.72. The van der Waals surface area contributed by atoms with Crippen molar-refractivity contribution in [2.75, 3.05) is 11.9 Å². The molecular weight excluding hydrogens is 321 g/mol. The van der Waals surface area contributed by atoms with Gasteiger partial charge in [-0.05, 0) is 37.5 Å². The molecule has 0 bridgehead atoms. The lowest BCUT2D eigenvalue weighted by Crippen LogP contribution is -2.48. The van der Waals surface area contributed by atoms with E-state index in [9.17, 15) is 22.8 Å². The van der Waals surface area contributed by atoms with Crippen LogP contribution in [0.25, 0.3) is 0 Å². The molecule has 1 aromatic rings. The van der Waals surface area contributed by atoms with Gasteiger partial charge >= 0.3 is 12.1 Å². The van der Waals surface area contributed by atoms with E-state index in [-0.39, 0.29) is 13.0 Å². The lowest BCUT2D eigenvalue weighted by Gasteiger charge is -2.25. The van der Waals surface area contributed by atoms with Crippen LogP contribution < -0.4 is 5.32 Å². The maximum Gasteiger partial charge on any atom is 0.471 e. The number of halogens is 4. The molecule has 8 heteroatoms. The molecule has 4 nitrogen and oxygen atoms in total. The number of alkyl halides is 3. The lowest BCUT2D eigenvalue weighted by molar-refractivity contribution is -0.186. The molecule has 0 saturated carbocycles. The Kier molecular flexibility index (Phi) is 4.65. The average Bonchev–Trinajstić information content (AvgIpc) is 2.90. The van der Waals surface area contributed by atoms with Crippen LogP contribution in [0.15, 0.2) is 18.2 Å². The van der Waals surface area contributed by atoms with E-state index in [2.05, 4.69) is 5.32 Å². The van der Waals surface area contributed by atoms with Crippen molar-refractivity contribution in [1.82, 2.24) is 4.90 Å². The van der Waals surface area contributed by atoms with Crippen molar-refractivity contribution >= 4 is 29.1 Å². The molecule has 1 aliphatic heterocycles. The first-order chi connectivity index (χ1) is 10.2. The molecule has 1 aromatic carbocycles. The molecule has 1 saturated heterocycles. The van der Waals surface area contributed by atoms with Crippen molar-refractivity contribution < 1.29 is 22.8 Å². The summed E-state index contributed by atoms with van der Waals surface area (Å²) in [5, 5.41) is 2.94. The summed E-state index contributed by atoms with van der Waals surface area (Å²) < 4.78 is 37.6. The predicted molar refractivity (Wildman–Crippen MR) is 75.6 cm³/mol. The molecular formula is C14H14ClF3N2O2. The van der Waals surface area contributed by atoms with E-state index < -0.39 is 24.0 Å². The second-order valence-electron chi connectivity index (χ2n) is 5.10. The Morgan fingerprint density at radius 3 is 2.68 bits per heavy atom. The monoisotopic (exact) mass is 334 g/mol. The number of likely N-dealkylation sites (tertiary alicyclic amines) is 1.